The fourth-order valence-electron chi connectivity index (χ4n) is 6.64. The summed E-state index contributed by atoms with van der Waals surface area (Å²) in [7, 11) is 0. The third-order valence-electron chi connectivity index (χ3n) is 10.5. The molecule has 0 aromatic rings. The van der Waals surface area contributed by atoms with Crippen LogP contribution in [0.3, 0.4) is 0 Å². The van der Waals surface area contributed by atoms with Crippen LogP contribution in [0.5, 0.6) is 0 Å². The van der Waals surface area contributed by atoms with E-state index in [-0.39, 0.29) is 87.7 Å². The molecule has 0 aromatic carbocycles. The molecule has 0 saturated heterocycles. The topological polar surface area (TPSA) is 384 Å². The lowest BCUT2D eigenvalue weighted by Gasteiger charge is -2.36. The first-order chi connectivity index (χ1) is 36.2. The molecular formula is C50H66O27. The van der Waals surface area contributed by atoms with E-state index in [1.54, 1.807) is 6.92 Å². The minimum atomic E-state index is -1.36. The van der Waals surface area contributed by atoms with E-state index in [0.29, 0.717) is 5.57 Å². The molecule has 0 radical (unpaired) electrons. The van der Waals surface area contributed by atoms with Gasteiger partial charge in [-0.25, -0.2) is 24.0 Å². The van der Waals surface area contributed by atoms with Crippen molar-refractivity contribution in [3.05, 3.63) is 60.8 Å². The Labute approximate surface area is 442 Å². The summed E-state index contributed by atoms with van der Waals surface area (Å²) in [6, 6.07) is 0. The highest BCUT2D eigenvalue weighted by Crippen LogP contribution is 2.41. The van der Waals surface area contributed by atoms with Crippen LogP contribution >= 0.6 is 0 Å². The first-order valence-corrected chi connectivity index (χ1v) is 23.2. The average Bonchev–Trinajstić information content (AvgIpc) is 3.37. The summed E-state index contributed by atoms with van der Waals surface area (Å²) < 4.78 is 54.4. The van der Waals surface area contributed by atoms with Crippen LogP contribution < -0.4 is 0 Å². The standard InChI is InChI=1S/C34H44O16.C10H12O8.C6H10O3/c1-19(2)27(35)43-9-13-47-31(39)23-17-25(33(41)49-15-11-45-29(37)21(5)6)26(34(42)50-16-12-46-30(38)22(7)8)18-24(23)32(40)48-14-10-44-28(36)20(3)4;11-3-17-7-1-5(9(13)14)6(10(15)16)2-8(7)18-4-12;1-5(2)6(8)9-4-3-7/h23-26H,1,3,5,7,9-18H2,2,4,6,8H3;3-8H,1-2H2,(H,13,14)(H,15,16);7H,1,3-4H2,2H3. The highest BCUT2D eigenvalue weighted by atomic mass is 16.6. The third-order valence-corrected chi connectivity index (χ3v) is 10.5. The van der Waals surface area contributed by atoms with Crippen LogP contribution in [0.1, 0.15) is 60.3 Å². The molecule has 27 heteroatoms. The predicted octanol–water partition coefficient (Wildman–Crippen LogP) is 1.26. The maximum Gasteiger partial charge on any atom is 0.333 e. The van der Waals surface area contributed by atoms with Gasteiger partial charge in [0.1, 0.15) is 71.7 Å². The number of carboxylic acid groups (broad SMARTS) is 2. The lowest BCUT2D eigenvalue weighted by molar-refractivity contribution is -0.177. The quantitative estimate of drug-likeness (QED) is 0.0312. The lowest BCUT2D eigenvalue weighted by atomic mass is 9.68. The van der Waals surface area contributed by atoms with Crippen molar-refractivity contribution in [2.45, 2.75) is 72.5 Å². The van der Waals surface area contributed by atoms with Crippen LogP contribution in [0, 0.1) is 35.5 Å². The van der Waals surface area contributed by atoms with Crippen LogP contribution in [0.2, 0.25) is 0 Å². The van der Waals surface area contributed by atoms with Gasteiger partial charge in [-0.05, 0) is 47.5 Å². The fraction of sp³-hybridized carbons (Fsp3) is 0.540. The van der Waals surface area contributed by atoms with Crippen LogP contribution in [0.15, 0.2) is 60.8 Å². The molecule has 8 atom stereocenters. The van der Waals surface area contributed by atoms with Crippen molar-refractivity contribution in [1.29, 1.82) is 0 Å². The fourth-order valence-corrected chi connectivity index (χ4v) is 6.64. The van der Waals surface area contributed by atoms with E-state index in [1.165, 1.54) is 27.7 Å². The number of carbonyl (C=O) groups is 13. The second-order valence-corrected chi connectivity index (χ2v) is 16.8. The molecule has 3 N–H and O–H groups in total. The molecule has 0 amide bonds. The Morgan fingerprint density at radius 1 is 0.364 bits per heavy atom. The van der Waals surface area contributed by atoms with Gasteiger partial charge in [0.05, 0.1) is 42.1 Å². The van der Waals surface area contributed by atoms with Crippen molar-refractivity contribution in [3.8, 4) is 0 Å². The Morgan fingerprint density at radius 2 is 0.571 bits per heavy atom. The van der Waals surface area contributed by atoms with E-state index >= 15 is 0 Å². The zero-order valence-electron chi connectivity index (χ0n) is 43.3. The summed E-state index contributed by atoms with van der Waals surface area (Å²) in [5, 5.41) is 26.1. The predicted molar refractivity (Wildman–Crippen MR) is 256 cm³/mol. The number of hydrogen-bond acceptors (Lipinski definition) is 25. The number of aliphatic carboxylic acids is 2. The molecule has 2 saturated carbocycles. The summed E-state index contributed by atoms with van der Waals surface area (Å²) in [6.07, 6.45) is -3.20. The van der Waals surface area contributed by atoms with E-state index in [2.05, 4.69) is 47.1 Å². The number of ether oxygens (including phenoxy) is 11. The van der Waals surface area contributed by atoms with Crippen LogP contribution in [-0.4, -0.2) is 172 Å². The second kappa shape index (κ2) is 36.7. The minimum absolute atomic E-state index is 0.0473. The van der Waals surface area contributed by atoms with E-state index in [0.717, 1.165) is 0 Å². The minimum Gasteiger partial charge on any atom is -0.481 e. The smallest absolute Gasteiger partial charge is 0.333 e. The molecule has 428 valence electrons. The van der Waals surface area contributed by atoms with Crippen molar-refractivity contribution in [2.24, 2.45) is 35.5 Å². The van der Waals surface area contributed by atoms with Crippen molar-refractivity contribution >= 4 is 78.6 Å². The summed E-state index contributed by atoms with van der Waals surface area (Å²) in [4.78, 5) is 153. The molecule has 0 bridgehead atoms. The molecule has 77 heavy (non-hydrogen) atoms. The summed E-state index contributed by atoms with van der Waals surface area (Å²) in [5.74, 6) is -17.6. The first kappa shape index (κ1) is 68.8. The number of carboxylic acids is 2. The van der Waals surface area contributed by atoms with Gasteiger partial charge in [0.2, 0.25) is 0 Å². The Bertz CT molecular complexity index is 1950. The molecule has 2 aliphatic carbocycles. The molecule has 27 nitrogen and oxygen atoms in total. The number of esters is 9. The molecule has 0 aliphatic heterocycles. The maximum atomic E-state index is 13.3. The summed E-state index contributed by atoms with van der Waals surface area (Å²) >= 11 is 0. The van der Waals surface area contributed by atoms with Crippen molar-refractivity contribution in [2.75, 3.05) is 66.1 Å². The SMILES string of the molecule is C=C(C)C(=O)OCCO.C=C(C)C(=O)OCCOC(=O)C1CC(C(=O)OCCOC(=O)C(=C)C)C(C(=O)OCCOC(=O)C(=C)C)CC1C(=O)OCCOC(=O)C(=C)C.O=COC1CC(C(=O)O)C(C(=O)O)CC1OC=O. The van der Waals surface area contributed by atoms with Crippen LogP contribution in [0.25, 0.3) is 0 Å². The van der Waals surface area contributed by atoms with Gasteiger partial charge in [0.25, 0.3) is 12.9 Å². The van der Waals surface area contributed by atoms with E-state index < -0.39 is 153 Å². The number of hydrogen-bond donors (Lipinski definition) is 3. The Kier molecular flexibility index (Phi) is 32.8. The van der Waals surface area contributed by atoms with Gasteiger partial charge in [0.15, 0.2) is 0 Å². The largest absolute Gasteiger partial charge is 0.481 e. The van der Waals surface area contributed by atoms with Gasteiger partial charge in [0, 0.05) is 40.7 Å². The van der Waals surface area contributed by atoms with Crippen molar-refractivity contribution in [1.82, 2.24) is 0 Å². The van der Waals surface area contributed by atoms with Crippen molar-refractivity contribution in [3.63, 3.8) is 0 Å². The molecular weight excluding hydrogens is 1030 g/mol. The number of aliphatic hydroxyl groups excluding tert-OH is 1. The van der Waals surface area contributed by atoms with Crippen LogP contribution in [0.4, 0.5) is 0 Å². The highest BCUT2D eigenvalue weighted by molar-refractivity contribution is 5.90. The first-order valence-electron chi connectivity index (χ1n) is 23.2. The van der Waals surface area contributed by atoms with E-state index in [1.807, 2.05) is 0 Å². The van der Waals surface area contributed by atoms with Crippen LogP contribution in [-0.2, 0) is 114 Å². The number of carbonyl (C=O) groups excluding carboxylic acids is 11. The van der Waals surface area contributed by atoms with Gasteiger partial charge in [-0.3, -0.25) is 38.4 Å². The summed E-state index contributed by atoms with van der Waals surface area (Å²) in [5.41, 5.74) is 0.806. The average molecular weight is 1100 g/mol. The third kappa shape index (κ3) is 26.2. The van der Waals surface area contributed by atoms with E-state index in [9.17, 15) is 62.3 Å². The van der Waals surface area contributed by atoms with Gasteiger partial charge < -0.3 is 67.4 Å². The molecule has 2 rings (SSSR count). The van der Waals surface area contributed by atoms with Crippen molar-refractivity contribution < 1.29 is 130 Å². The molecule has 8 unspecified atom stereocenters. The molecule has 0 aromatic heterocycles. The molecule has 0 spiro atoms. The zero-order valence-corrected chi connectivity index (χ0v) is 43.3. The second-order valence-electron chi connectivity index (χ2n) is 16.8. The Morgan fingerprint density at radius 3 is 0.753 bits per heavy atom. The Hall–Kier alpha value is -8.23. The number of rotatable bonds is 29. The van der Waals surface area contributed by atoms with Gasteiger partial charge >= 0.3 is 65.7 Å². The molecule has 0 heterocycles. The van der Waals surface area contributed by atoms with Gasteiger partial charge in [-0.2, -0.15) is 0 Å². The normalized spacial score (nSPS) is 19.9. The van der Waals surface area contributed by atoms with Gasteiger partial charge in [-0.15, -0.1) is 0 Å². The Balaban J connectivity index is 0.00000173. The maximum absolute atomic E-state index is 13.3. The lowest BCUT2D eigenvalue weighted by Crippen LogP contribution is -2.47. The zero-order chi connectivity index (χ0) is 58.9. The van der Waals surface area contributed by atoms with Gasteiger partial charge in [-0.1, -0.05) is 32.9 Å². The highest BCUT2D eigenvalue weighted by Gasteiger charge is 2.51. The number of aliphatic hydroxyl groups is 1. The summed E-state index contributed by atoms with van der Waals surface area (Å²) in [6.45, 7) is 21.5. The monoisotopic (exact) mass is 1100 g/mol. The van der Waals surface area contributed by atoms with E-state index in [4.69, 9.17) is 53.2 Å². The molecule has 2 fully saturated rings. The molecule has 2 aliphatic rings.